The second-order valence-electron chi connectivity index (χ2n) is 3.98. The van der Waals surface area contributed by atoms with Gasteiger partial charge in [0.15, 0.2) is 0 Å². The summed E-state index contributed by atoms with van der Waals surface area (Å²) >= 11 is 0. The maximum atomic E-state index is 11.6. The number of carboxylic acid groups (broad SMARTS) is 1. The van der Waals surface area contributed by atoms with Crippen LogP contribution in [0.1, 0.15) is 30.3 Å². The normalized spacial score (nSPS) is 15.4. The molecule has 1 aromatic heterocycles. The van der Waals surface area contributed by atoms with E-state index in [1.165, 1.54) is 0 Å². The van der Waals surface area contributed by atoms with E-state index in [0.29, 0.717) is 11.7 Å². The summed E-state index contributed by atoms with van der Waals surface area (Å²) in [7, 11) is 0. The fourth-order valence-corrected chi connectivity index (χ4v) is 1.61. The highest BCUT2D eigenvalue weighted by atomic mass is 16.4. The van der Waals surface area contributed by atoms with Crippen LogP contribution < -0.4 is 10.6 Å². The number of nitrogens with one attached hydrogen (secondary N) is 3. The Morgan fingerprint density at radius 1 is 1.44 bits per heavy atom. The molecule has 1 fully saturated rings. The van der Waals surface area contributed by atoms with Gasteiger partial charge >= 0.3 is 0 Å². The van der Waals surface area contributed by atoms with Gasteiger partial charge in [0.05, 0.1) is 0 Å². The molecular weight excluding hydrogens is 236 g/mol. The summed E-state index contributed by atoms with van der Waals surface area (Å²) in [4.78, 5) is 20.6. The smallest absolute Gasteiger partial charge is 0.300 e. The SMILES string of the molecule is CC(=O)O.O=C(NC1CCNCC1)c1cc[nH]n1. The number of carbonyl (C=O) groups excluding carboxylic acids is 1. The molecule has 0 radical (unpaired) electrons. The van der Waals surface area contributed by atoms with Crippen LogP contribution >= 0.6 is 0 Å². The van der Waals surface area contributed by atoms with Gasteiger partial charge in [-0.25, -0.2) is 0 Å². The molecule has 1 aliphatic heterocycles. The van der Waals surface area contributed by atoms with Gasteiger partial charge in [0, 0.05) is 19.2 Å². The lowest BCUT2D eigenvalue weighted by atomic mass is 10.1. The van der Waals surface area contributed by atoms with E-state index in [9.17, 15) is 4.79 Å². The zero-order valence-corrected chi connectivity index (χ0v) is 10.3. The number of aromatic nitrogens is 2. The first kappa shape index (κ1) is 14.2. The summed E-state index contributed by atoms with van der Waals surface area (Å²) in [5, 5.41) is 20.1. The predicted octanol–water partition coefficient (Wildman–Crippen LogP) is -0.0176. The van der Waals surface area contributed by atoms with E-state index >= 15 is 0 Å². The van der Waals surface area contributed by atoms with Gasteiger partial charge in [-0.2, -0.15) is 5.10 Å². The van der Waals surface area contributed by atoms with Crippen LogP contribution in [0.15, 0.2) is 12.3 Å². The number of aromatic amines is 1. The number of H-pyrrole nitrogens is 1. The number of carboxylic acids is 1. The molecule has 18 heavy (non-hydrogen) atoms. The summed E-state index contributed by atoms with van der Waals surface area (Å²) in [5.41, 5.74) is 0.462. The van der Waals surface area contributed by atoms with Crippen LogP contribution in [0.3, 0.4) is 0 Å². The van der Waals surface area contributed by atoms with Crippen LogP contribution in [0.4, 0.5) is 0 Å². The van der Waals surface area contributed by atoms with E-state index < -0.39 is 5.97 Å². The summed E-state index contributed by atoms with van der Waals surface area (Å²) in [5.74, 6) is -0.918. The van der Waals surface area contributed by atoms with Gasteiger partial charge in [0.25, 0.3) is 11.9 Å². The van der Waals surface area contributed by atoms with Gasteiger partial charge in [0.2, 0.25) is 0 Å². The zero-order valence-electron chi connectivity index (χ0n) is 10.3. The van der Waals surface area contributed by atoms with E-state index in [0.717, 1.165) is 32.9 Å². The van der Waals surface area contributed by atoms with Gasteiger partial charge in [-0.1, -0.05) is 0 Å². The van der Waals surface area contributed by atoms with E-state index in [1.807, 2.05) is 0 Å². The molecule has 0 unspecified atom stereocenters. The van der Waals surface area contributed by atoms with Gasteiger partial charge in [-0.05, 0) is 32.0 Å². The Morgan fingerprint density at radius 2 is 2.06 bits per heavy atom. The van der Waals surface area contributed by atoms with Crippen molar-refractivity contribution in [3.05, 3.63) is 18.0 Å². The quantitative estimate of drug-likeness (QED) is 0.593. The van der Waals surface area contributed by atoms with Crippen LogP contribution in [0.2, 0.25) is 0 Å². The van der Waals surface area contributed by atoms with Gasteiger partial charge in [-0.3, -0.25) is 14.7 Å². The Bertz CT molecular complexity index is 368. The Labute approximate surface area is 105 Å². The van der Waals surface area contributed by atoms with Crippen molar-refractivity contribution in [3.63, 3.8) is 0 Å². The highest BCUT2D eigenvalue weighted by molar-refractivity contribution is 5.92. The lowest BCUT2D eigenvalue weighted by molar-refractivity contribution is -0.134. The topological polar surface area (TPSA) is 107 Å². The molecule has 100 valence electrons. The van der Waals surface area contributed by atoms with Crippen LogP contribution in [-0.4, -0.2) is 46.3 Å². The first-order chi connectivity index (χ1) is 8.59. The number of hydrogen-bond donors (Lipinski definition) is 4. The van der Waals surface area contributed by atoms with E-state index in [-0.39, 0.29) is 5.91 Å². The first-order valence-electron chi connectivity index (χ1n) is 5.80. The average Bonchev–Trinajstić information content (AvgIpc) is 2.83. The van der Waals surface area contributed by atoms with Gasteiger partial charge in [-0.15, -0.1) is 0 Å². The van der Waals surface area contributed by atoms with Crippen LogP contribution in [0, 0.1) is 0 Å². The van der Waals surface area contributed by atoms with Crippen molar-refractivity contribution in [3.8, 4) is 0 Å². The van der Waals surface area contributed by atoms with Crippen molar-refractivity contribution >= 4 is 11.9 Å². The highest BCUT2D eigenvalue weighted by Gasteiger charge is 2.16. The van der Waals surface area contributed by atoms with Crippen molar-refractivity contribution < 1.29 is 14.7 Å². The maximum absolute atomic E-state index is 11.6. The minimum absolute atomic E-state index is 0.0850. The Balaban J connectivity index is 0.000000357. The number of piperidine rings is 1. The van der Waals surface area contributed by atoms with E-state index in [2.05, 4.69) is 20.8 Å². The Hall–Kier alpha value is -1.89. The van der Waals surface area contributed by atoms with Crippen molar-refractivity contribution in [2.75, 3.05) is 13.1 Å². The number of nitrogens with zero attached hydrogens (tertiary/aromatic N) is 1. The molecule has 0 spiro atoms. The molecule has 0 aliphatic carbocycles. The second kappa shape index (κ2) is 7.44. The average molecular weight is 254 g/mol. The number of hydrogen-bond acceptors (Lipinski definition) is 4. The van der Waals surface area contributed by atoms with Crippen molar-refractivity contribution in [1.82, 2.24) is 20.8 Å². The molecule has 7 nitrogen and oxygen atoms in total. The van der Waals surface area contributed by atoms with Crippen LogP contribution in [0.25, 0.3) is 0 Å². The standard InChI is InChI=1S/C9H14N4O.C2H4O2/c14-9(8-3-6-11-13-8)12-7-1-4-10-5-2-7;1-2(3)4/h3,6-7,10H,1-2,4-5H2,(H,11,13)(H,12,14);1H3,(H,3,4). The fourth-order valence-electron chi connectivity index (χ4n) is 1.61. The summed E-state index contributed by atoms with van der Waals surface area (Å²) in [6, 6.07) is 1.97. The largest absolute Gasteiger partial charge is 0.481 e. The molecule has 4 N–H and O–H groups in total. The number of amides is 1. The third-order valence-corrected chi connectivity index (χ3v) is 2.41. The van der Waals surface area contributed by atoms with E-state index in [1.54, 1.807) is 12.3 Å². The monoisotopic (exact) mass is 254 g/mol. The first-order valence-corrected chi connectivity index (χ1v) is 5.80. The molecule has 2 rings (SSSR count). The molecular formula is C11H18N4O3. The molecule has 0 bridgehead atoms. The summed E-state index contributed by atoms with van der Waals surface area (Å²) < 4.78 is 0. The number of aliphatic carboxylic acids is 1. The lowest BCUT2D eigenvalue weighted by Crippen LogP contribution is -2.42. The lowest BCUT2D eigenvalue weighted by Gasteiger charge is -2.23. The molecule has 1 aromatic rings. The molecule has 1 amide bonds. The molecule has 2 heterocycles. The van der Waals surface area contributed by atoms with Crippen molar-refractivity contribution in [2.45, 2.75) is 25.8 Å². The fraction of sp³-hybridized carbons (Fsp3) is 0.545. The third-order valence-electron chi connectivity index (χ3n) is 2.41. The van der Waals surface area contributed by atoms with Crippen LogP contribution in [-0.2, 0) is 4.79 Å². The molecule has 1 aliphatic rings. The molecule has 1 saturated heterocycles. The number of rotatable bonds is 2. The molecule has 0 aromatic carbocycles. The van der Waals surface area contributed by atoms with Crippen molar-refractivity contribution in [1.29, 1.82) is 0 Å². The Morgan fingerprint density at radius 3 is 2.56 bits per heavy atom. The summed E-state index contributed by atoms with van der Waals surface area (Å²) in [6.45, 7) is 3.04. The predicted molar refractivity (Wildman–Crippen MR) is 65.3 cm³/mol. The third kappa shape index (κ3) is 5.44. The highest BCUT2D eigenvalue weighted by Crippen LogP contribution is 2.03. The number of carbonyl (C=O) groups is 2. The van der Waals surface area contributed by atoms with Gasteiger partial charge < -0.3 is 15.7 Å². The summed E-state index contributed by atoms with van der Waals surface area (Å²) in [6.07, 6.45) is 3.64. The second-order valence-corrected chi connectivity index (χ2v) is 3.98. The molecule has 7 heteroatoms. The van der Waals surface area contributed by atoms with Crippen molar-refractivity contribution in [2.24, 2.45) is 0 Å². The zero-order chi connectivity index (χ0) is 13.4. The van der Waals surface area contributed by atoms with Gasteiger partial charge in [0.1, 0.15) is 5.69 Å². The van der Waals surface area contributed by atoms with E-state index in [4.69, 9.17) is 9.90 Å². The minimum Gasteiger partial charge on any atom is -0.481 e. The Kier molecular flexibility index (Phi) is 5.86. The molecule has 0 saturated carbocycles. The minimum atomic E-state index is -0.833. The maximum Gasteiger partial charge on any atom is 0.300 e. The molecule has 0 atom stereocenters. The van der Waals surface area contributed by atoms with Crippen LogP contribution in [0.5, 0.6) is 0 Å².